The molecule has 164 valence electrons. The molecule has 0 saturated carbocycles. The third kappa shape index (κ3) is 5.12. The van der Waals surface area contributed by atoms with Gasteiger partial charge in [0.15, 0.2) is 0 Å². The summed E-state index contributed by atoms with van der Waals surface area (Å²) in [6.45, 7) is 2.64. The lowest BCUT2D eigenvalue weighted by atomic mass is 10.1. The summed E-state index contributed by atoms with van der Waals surface area (Å²) < 4.78 is 2.07. The lowest BCUT2D eigenvalue weighted by molar-refractivity contribution is -0.112. The number of hydrogen-bond acceptors (Lipinski definition) is 2. The number of fused-ring (bicyclic) bond motifs is 1. The maximum absolute atomic E-state index is 12.8. The number of carbonyl (C=O) groups excluding carboxylic acids is 1. The summed E-state index contributed by atoms with van der Waals surface area (Å²) >= 11 is 12.2. The smallest absolute Gasteiger partial charge is 0.266 e. The molecule has 0 aliphatic heterocycles. The van der Waals surface area contributed by atoms with E-state index in [0.29, 0.717) is 22.3 Å². The number of nitriles is 1. The quantitative estimate of drug-likeness (QED) is 0.239. The summed E-state index contributed by atoms with van der Waals surface area (Å²) in [4.78, 5) is 12.8. The van der Waals surface area contributed by atoms with Crippen molar-refractivity contribution in [2.45, 2.75) is 19.9 Å². The number of nitrogens with one attached hydrogen (secondary N) is 1. The van der Waals surface area contributed by atoms with Crippen molar-refractivity contribution >= 4 is 51.8 Å². The SMILES string of the molecule is CCc1ccc(NC(=O)/C(C#N)=C/c2cn(Cc3ccc(Cl)c(Cl)c3)c3ccccc23)cc1. The van der Waals surface area contributed by atoms with E-state index in [2.05, 4.69) is 16.8 Å². The highest BCUT2D eigenvalue weighted by Gasteiger charge is 2.13. The summed E-state index contributed by atoms with van der Waals surface area (Å²) in [7, 11) is 0. The van der Waals surface area contributed by atoms with Crippen LogP contribution in [-0.2, 0) is 17.8 Å². The van der Waals surface area contributed by atoms with Gasteiger partial charge in [0.1, 0.15) is 11.6 Å². The second-order valence-corrected chi connectivity index (χ2v) is 8.47. The first-order valence-corrected chi connectivity index (χ1v) is 11.3. The Bertz CT molecular complexity index is 1400. The molecular formula is C27H21Cl2N3O. The van der Waals surface area contributed by atoms with Gasteiger partial charge in [0, 0.05) is 34.9 Å². The Hall–Kier alpha value is -3.52. The number of carbonyl (C=O) groups is 1. The Balaban J connectivity index is 1.65. The standard InChI is InChI=1S/C27H21Cl2N3O/c1-2-18-7-10-22(11-8-18)31-27(33)20(15-30)14-21-17-32(26-6-4-3-5-23(21)26)16-19-9-12-24(28)25(29)13-19/h3-14,17H,2,16H2,1H3,(H,31,33)/b20-14+. The van der Waals surface area contributed by atoms with Crippen LogP contribution in [0.2, 0.25) is 10.0 Å². The molecule has 1 N–H and O–H groups in total. The van der Waals surface area contributed by atoms with Crippen LogP contribution in [0.5, 0.6) is 0 Å². The van der Waals surface area contributed by atoms with Crippen molar-refractivity contribution in [3.63, 3.8) is 0 Å². The van der Waals surface area contributed by atoms with Crippen LogP contribution in [0.1, 0.15) is 23.6 Å². The molecule has 4 nitrogen and oxygen atoms in total. The third-order valence-electron chi connectivity index (χ3n) is 5.44. The topological polar surface area (TPSA) is 57.8 Å². The number of rotatable bonds is 6. The monoisotopic (exact) mass is 473 g/mol. The number of hydrogen-bond donors (Lipinski definition) is 1. The van der Waals surface area contributed by atoms with Crippen molar-refractivity contribution in [3.05, 3.63) is 105 Å². The van der Waals surface area contributed by atoms with E-state index in [-0.39, 0.29) is 5.57 Å². The van der Waals surface area contributed by atoms with Gasteiger partial charge in [-0.15, -0.1) is 0 Å². The number of aryl methyl sites for hydroxylation is 1. The zero-order valence-corrected chi connectivity index (χ0v) is 19.5. The molecule has 0 unspecified atom stereocenters. The molecule has 1 heterocycles. The predicted octanol–water partition coefficient (Wildman–Crippen LogP) is 7.10. The zero-order chi connectivity index (χ0) is 23.4. The van der Waals surface area contributed by atoms with Crippen LogP contribution in [0.25, 0.3) is 17.0 Å². The maximum atomic E-state index is 12.8. The van der Waals surface area contributed by atoms with E-state index < -0.39 is 5.91 Å². The van der Waals surface area contributed by atoms with Crippen LogP contribution in [0, 0.1) is 11.3 Å². The second kappa shape index (κ2) is 9.95. The lowest BCUT2D eigenvalue weighted by Crippen LogP contribution is -2.13. The highest BCUT2D eigenvalue weighted by atomic mass is 35.5. The average Bonchev–Trinajstić information content (AvgIpc) is 3.17. The van der Waals surface area contributed by atoms with E-state index in [9.17, 15) is 10.1 Å². The van der Waals surface area contributed by atoms with Crippen molar-refractivity contribution in [1.82, 2.24) is 4.57 Å². The van der Waals surface area contributed by atoms with E-state index in [0.717, 1.165) is 28.5 Å². The van der Waals surface area contributed by atoms with Gasteiger partial charge in [-0.1, -0.05) is 66.5 Å². The molecule has 33 heavy (non-hydrogen) atoms. The first-order valence-electron chi connectivity index (χ1n) is 10.5. The van der Waals surface area contributed by atoms with Crippen molar-refractivity contribution in [2.24, 2.45) is 0 Å². The summed E-state index contributed by atoms with van der Waals surface area (Å²) in [5.74, 6) is -0.442. The molecule has 4 rings (SSSR count). The van der Waals surface area contributed by atoms with E-state index in [1.165, 1.54) is 5.56 Å². The largest absolute Gasteiger partial charge is 0.342 e. The normalized spacial score (nSPS) is 11.4. The van der Waals surface area contributed by atoms with Gasteiger partial charge in [0.25, 0.3) is 5.91 Å². The summed E-state index contributed by atoms with van der Waals surface area (Å²) in [6.07, 6.45) is 4.49. The van der Waals surface area contributed by atoms with E-state index >= 15 is 0 Å². The first-order chi connectivity index (χ1) is 16.0. The van der Waals surface area contributed by atoms with Crippen LogP contribution in [0.4, 0.5) is 5.69 Å². The van der Waals surface area contributed by atoms with E-state index in [1.807, 2.05) is 72.9 Å². The van der Waals surface area contributed by atoms with Gasteiger partial charge >= 0.3 is 0 Å². The predicted molar refractivity (Wildman–Crippen MR) is 136 cm³/mol. The summed E-state index contributed by atoms with van der Waals surface area (Å²) in [5.41, 5.74) is 4.64. The van der Waals surface area contributed by atoms with Crippen LogP contribution in [0.15, 0.2) is 78.5 Å². The molecule has 6 heteroatoms. The Morgan fingerprint density at radius 3 is 2.45 bits per heavy atom. The minimum atomic E-state index is -0.442. The van der Waals surface area contributed by atoms with Crippen LogP contribution in [-0.4, -0.2) is 10.5 Å². The Kier molecular flexibility index (Phi) is 6.84. The fraction of sp³-hybridized carbons (Fsp3) is 0.111. The molecule has 0 radical (unpaired) electrons. The molecule has 1 aromatic heterocycles. The highest BCUT2D eigenvalue weighted by Crippen LogP contribution is 2.27. The molecule has 0 atom stereocenters. The molecule has 3 aromatic carbocycles. The van der Waals surface area contributed by atoms with Crippen molar-refractivity contribution < 1.29 is 4.79 Å². The number of benzene rings is 3. The average molecular weight is 474 g/mol. The van der Waals surface area contributed by atoms with Gasteiger partial charge in [0.2, 0.25) is 0 Å². The summed E-state index contributed by atoms with van der Waals surface area (Å²) in [6, 6.07) is 23.1. The number of halogens is 2. The Morgan fingerprint density at radius 2 is 1.76 bits per heavy atom. The maximum Gasteiger partial charge on any atom is 0.266 e. The Labute approximate surface area is 202 Å². The van der Waals surface area contributed by atoms with Crippen LogP contribution < -0.4 is 5.32 Å². The zero-order valence-electron chi connectivity index (χ0n) is 18.0. The van der Waals surface area contributed by atoms with Gasteiger partial charge in [0.05, 0.1) is 10.0 Å². The number of amides is 1. The number of nitrogens with zero attached hydrogens (tertiary/aromatic N) is 2. The van der Waals surface area contributed by atoms with Crippen molar-refractivity contribution in [1.29, 1.82) is 5.26 Å². The van der Waals surface area contributed by atoms with E-state index in [4.69, 9.17) is 23.2 Å². The lowest BCUT2D eigenvalue weighted by Gasteiger charge is -2.06. The van der Waals surface area contributed by atoms with Gasteiger partial charge < -0.3 is 9.88 Å². The first kappa shape index (κ1) is 22.7. The molecule has 0 aliphatic carbocycles. The number of para-hydroxylation sites is 1. The van der Waals surface area contributed by atoms with Crippen LogP contribution >= 0.6 is 23.2 Å². The minimum absolute atomic E-state index is 0.0343. The summed E-state index contributed by atoms with van der Waals surface area (Å²) in [5, 5.41) is 14.4. The molecule has 0 saturated heterocycles. The fourth-order valence-electron chi connectivity index (χ4n) is 3.68. The molecule has 0 spiro atoms. The van der Waals surface area contributed by atoms with Crippen molar-refractivity contribution in [3.8, 4) is 6.07 Å². The molecule has 0 bridgehead atoms. The van der Waals surface area contributed by atoms with E-state index in [1.54, 1.807) is 12.1 Å². The van der Waals surface area contributed by atoms with Gasteiger partial charge in [-0.3, -0.25) is 4.79 Å². The van der Waals surface area contributed by atoms with Crippen molar-refractivity contribution in [2.75, 3.05) is 5.32 Å². The highest BCUT2D eigenvalue weighted by molar-refractivity contribution is 6.42. The number of aromatic nitrogens is 1. The molecular weight excluding hydrogens is 453 g/mol. The molecule has 4 aromatic rings. The third-order valence-corrected chi connectivity index (χ3v) is 6.18. The number of anilines is 1. The molecule has 0 fully saturated rings. The van der Waals surface area contributed by atoms with Crippen LogP contribution in [0.3, 0.4) is 0 Å². The molecule has 1 amide bonds. The Morgan fingerprint density at radius 1 is 1.03 bits per heavy atom. The van der Waals surface area contributed by atoms with Gasteiger partial charge in [-0.05, 0) is 54.0 Å². The fourth-order valence-corrected chi connectivity index (χ4v) is 4.00. The molecule has 0 aliphatic rings. The second-order valence-electron chi connectivity index (χ2n) is 7.65. The van der Waals surface area contributed by atoms with Gasteiger partial charge in [-0.25, -0.2) is 0 Å². The van der Waals surface area contributed by atoms with Gasteiger partial charge in [-0.2, -0.15) is 5.26 Å². The minimum Gasteiger partial charge on any atom is -0.342 e.